The summed E-state index contributed by atoms with van der Waals surface area (Å²) in [5, 5.41) is 9.20. The molecule has 1 N–H and O–H groups in total. The predicted molar refractivity (Wildman–Crippen MR) is 76.4 cm³/mol. The van der Waals surface area contributed by atoms with Gasteiger partial charge in [-0.3, -0.25) is 4.79 Å². The number of sulfone groups is 1. The Kier molecular flexibility index (Phi) is 3.90. The molecule has 0 saturated heterocycles. The third-order valence-corrected chi connectivity index (χ3v) is 4.04. The maximum absolute atomic E-state index is 12.3. The second-order valence-electron chi connectivity index (χ2n) is 4.48. The molecule has 21 heavy (non-hydrogen) atoms. The van der Waals surface area contributed by atoms with Crippen LogP contribution in [0.4, 0.5) is 0 Å². The third kappa shape index (κ3) is 3.17. The second-order valence-corrected chi connectivity index (χ2v) is 6.50. The molecular formula is C15H12O5S. The first-order valence-electron chi connectivity index (χ1n) is 5.98. The SMILES string of the molecule is CS(=O)(=O)c1ccc(C(=O)c2ccccc2)c(C(=O)O)c1. The van der Waals surface area contributed by atoms with Gasteiger partial charge in [-0.2, -0.15) is 0 Å². The minimum atomic E-state index is -3.54. The van der Waals surface area contributed by atoms with Gasteiger partial charge in [-0.15, -0.1) is 0 Å². The van der Waals surface area contributed by atoms with E-state index in [1.54, 1.807) is 30.3 Å². The topological polar surface area (TPSA) is 88.5 Å². The lowest BCUT2D eigenvalue weighted by Gasteiger charge is -2.07. The van der Waals surface area contributed by atoms with Gasteiger partial charge < -0.3 is 5.11 Å². The number of aromatic carboxylic acids is 1. The maximum Gasteiger partial charge on any atom is 0.336 e. The Bertz CT molecular complexity index is 807. The quantitative estimate of drug-likeness (QED) is 0.873. The fourth-order valence-electron chi connectivity index (χ4n) is 1.87. The lowest BCUT2D eigenvalue weighted by atomic mass is 9.98. The number of carbonyl (C=O) groups is 2. The molecule has 2 rings (SSSR count). The van der Waals surface area contributed by atoms with E-state index in [1.165, 1.54) is 12.1 Å². The first-order valence-corrected chi connectivity index (χ1v) is 7.87. The lowest BCUT2D eigenvalue weighted by molar-refractivity contribution is 0.0692. The molecule has 0 heterocycles. The Morgan fingerprint density at radius 1 is 0.952 bits per heavy atom. The zero-order chi connectivity index (χ0) is 15.6. The van der Waals surface area contributed by atoms with Gasteiger partial charge in [0.2, 0.25) is 0 Å². The van der Waals surface area contributed by atoms with Crippen molar-refractivity contribution >= 4 is 21.6 Å². The van der Waals surface area contributed by atoms with Crippen LogP contribution in [0.15, 0.2) is 53.4 Å². The summed E-state index contributed by atoms with van der Waals surface area (Å²) in [6.45, 7) is 0. The van der Waals surface area contributed by atoms with Crippen molar-refractivity contribution in [2.24, 2.45) is 0 Å². The summed E-state index contributed by atoms with van der Waals surface area (Å²) in [7, 11) is -3.54. The van der Waals surface area contributed by atoms with Crippen molar-refractivity contribution < 1.29 is 23.1 Å². The predicted octanol–water partition coefficient (Wildman–Crippen LogP) is 2.02. The molecule has 0 aromatic heterocycles. The monoisotopic (exact) mass is 304 g/mol. The van der Waals surface area contributed by atoms with Gasteiger partial charge in [0.25, 0.3) is 0 Å². The first kappa shape index (κ1) is 14.9. The molecule has 0 fully saturated rings. The minimum Gasteiger partial charge on any atom is -0.478 e. The van der Waals surface area contributed by atoms with Crippen LogP contribution in [0.1, 0.15) is 26.3 Å². The molecule has 0 atom stereocenters. The fourth-order valence-corrected chi connectivity index (χ4v) is 2.52. The molecule has 0 saturated carbocycles. The van der Waals surface area contributed by atoms with Gasteiger partial charge in [0.15, 0.2) is 15.6 Å². The van der Waals surface area contributed by atoms with Crippen LogP contribution in [-0.4, -0.2) is 31.5 Å². The smallest absolute Gasteiger partial charge is 0.336 e. The molecule has 108 valence electrons. The standard InChI is InChI=1S/C15H12O5S/c1-21(19,20)11-7-8-12(13(9-11)15(17)18)14(16)10-5-3-2-4-6-10/h2-9H,1H3,(H,17,18). The van der Waals surface area contributed by atoms with E-state index in [1.807, 2.05) is 0 Å². The summed E-state index contributed by atoms with van der Waals surface area (Å²) < 4.78 is 23.0. The number of hydrogen-bond acceptors (Lipinski definition) is 4. The van der Waals surface area contributed by atoms with Crippen LogP contribution in [0.25, 0.3) is 0 Å². The molecule has 0 amide bonds. The number of benzene rings is 2. The summed E-state index contributed by atoms with van der Waals surface area (Å²) in [5.41, 5.74) is -0.0278. The van der Waals surface area contributed by atoms with Gasteiger partial charge in [-0.25, -0.2) is 13.2 Å². The molecule has 6 heteroatoms. The van der Waals surface area contributed by atoms with Gasteiger partial charge in [0.1, 0.15) is 0 Å². The van der Waals surface area contributed by atoms with Crippen molar-refractivity contribution in [2.75, 3.05) is 6.26 Å². The fraction of sp³-hybridized carbons (Fsp3) is 0.0667. The number of ketones is 1. The molecule has 0 unspecified atom stereocenters. The highest BCUT2D eigenvalue weighted by molar-refractivity contribution is 7.90. The number of rotatable bonds is 4. The normalized spacial score (nSPS) is 11.1. The highest BCUT2D eigenvalue weighted by Gasteiger charge is 2.20. The van der Waals surface area contributed by atoms with E-state index in [0.717, 1.165) is 12.3 Å². The highest BCUT2D eigenvalue weighted by atomic mass is 32.2. The van der Waals surface area contributed by atoms with Gasteiger partial charge in [0.05, 0.1) is 10.5 Å². The Morgan fingerprint density at radius 3 is 2.10 bits per heavy atom. The molecule has 0 bridgehead atoms. The van der Waals surface area contributed by atoms with Crippen LogP contribution in [0, 0.1) is 0 Å². The van der Waals surface area contributed by atoms with Crippen LogP contribution >= 0.6 is 0 Å². The second kappa shape index (κ2) is 5.49. The number of carbonyl (C=O) groups excluding carboxylic acids is 1. The molecule has 2 aromatic carbocycles. The van der Waals surface area contributed by atoms with Crippen molar-refractivity contribution in [1.82, 2.24) is 0 Å². The Balaban J connectivity index is 2.60. The van der Waals surface area contributed by atoms with E-state index in [0.29, 0.717) is 5.56 Å². The summed E-state index contributed by atoms with van der Waals surface area (Å²) in [6, 6.07) is 11.7. The summed E-state index contributed by atoms with van der Waals surface area (Å²) in [5.74, 6) is -1.81. The Labute approximate surface area is 121 Å². The average molecular weight is 304 g/mol. The van der Waals surface area contributed by atoms with Crippen molar-refractivity contribution in [2.45, 2.75) is 4.90 Å². The highest BCUT2D eigenvalue weighted by Crippen LogP contribution is 2.19. The van der Waals surface area contributed by atoms with Gasteiger partial charge >= 0.3 is 5.97 Å². The van der Waals surface area contributed by atoms with Gasteiger partial charge in [0, 0.05) is 17.4 Å². The van der Waals surface area contributed by atoms with E-state index in [2.05, 4.69) is 0 Å². The Hall–Kier alpha value is -2.47. The van der Waals surface area contributed by atoms with E-state index < -0.39 is 21.6 Å². The van der Waals surface area contributed by atoms with Crippen LogP contribution in [0.5, 0.6) is 0 Å². The molecule has 0 aliphatic rings. The summed E-state index contributed by atoms with van der Waals surface area (Å²) in [6.07, 6.45) is 0.979. The van der Waals surface area contributed by atoms with E-state index in [9.17, 15) is 23.1 Å². The summed E-state index contributed by atoms with van der Waals surface area (Å²) in [4.78, 5) is 23.5. The first-order chi connectivity index (χ1) is 9.80. The molecule has 0 aliphatic heterocycles. The molecular weight excluding hydrogens is 292 g/mol. The van der Waals surface area contributed by atoms with E-state index >= 15 is 0 Å². The van der Waals surface area contributed by atoms with Crippen molar-refractivity contribution in [3.05, 3.63) is 65.2 Å². The zero-order valence-electron chi connectivity index (χ0n) is 11.1. The van der Waals surface area contributed by atoms with E-state index in [-0.39, 0.29) is 16.0 Å². The lowest BCUT2D eigenvalue weighted by Crippen LogP contribution is -2.11. The molecule has 5 nitrogen and oxygen atoms in total. The third-order valence-electron chi connectivity index (χ3n) is 2.93. The molecule has 0 aliphatic carbocycles. The maximum atomic E-state index is 12.3. The number of carboxylic acids is 1. The van der Waals surface area contributed by atoms with Gasteiger partial charge in [-0.1, -0.05) is 30.3 Å². The van der Waals surface area contributed by atoms with Crippen molar-refractivity contribution in [3.63, 3.8) is 0 Å². The van der Waals surface area contributed by atoms with Crippen molar-refractivity contribution in [1.29, 1.82) is 0 Å². The molecule has 0 radical (unpaired) electrons. The van der Waals surface area contributed by atoms with Crippen LogP contribution in [0.2, 0.25) is 0 Å². The summed E-state index contributed by atoms with van der Waals surface area (Å²) >= 11 is 0. The van der Waals surface area contributed by atoms with Crippen LogP contribution in [0.3, 0.4) is 0 Å². The number of hydrogen-bond donors (Lipinski definition) is 1. The molecule has 0 spiro atoms. The minimum absolute atomic E-state index is 0.0406. The average Bonchev–Trinajstić information content (AvgIpc) is 2.45. The van der Waals surface area contributed by atoms with Crippen LogP contribution < -0.4 is 0 Å². The largest absolute Gasteiger partial charge is 0.478 e. The van der Waals surface area contributed by atoms with Gasteiger partial charge in [-0.05, 0) is 18.2 Å². The molecule has 2 aromatic rings. The van der Waals surface area contributed by atoms with E-state index in [4.69, 9.17) is 0 Å². The zero-order valence-corrected chi connectivity index (χ0v) is 11.9. The van der Waals surface area contributed by atoms with Crippen LogP contribution in [-0.2, 0) is 9.84 Å². The van der Waals surface area contributed by atoms with Crippen molar-refractivity contribution in [3.8, 4) is 0 Å². The number of carboxylic acid groups (broad SMARTS) is 1. The Morgan fingerprint density at radius 2 is 1.57 bits per heavy atom.